The molecule has 3 saturated heterocycles. The molecular weight excluding hydrogens is 802 g/mol. The third-order valence-electron chi connectivity index (χ3n) is 9.38. The highest BCUT2D eigenvalue weighted by molar-refractivity contribution is 5.68. The summed E-state index contributed by atoms with van der Waals surface area (Å²) >= 11 is 0. The minimum Gasteiger partial charge on any atom is -0.491 e. The van der Waals surface area contributed by atoms with E-state index in [0.717, 1.165) is 0 Å². The van der Waals surface area contributed by atoms with E-state index >= 15 is 0 Å². The largest absolute Gasteiger partial charge is 0.491 e. The maximum Gasteiger partial charge on any atom is 0.407 e. The Morgan fingerprint density at radius 2 is 1.26 bits per heavy atom. The van der Waals surface area contributed by atoms with Gasteiger partial charge in [-0.25, -0.2) is 4.79 Å². The summed E-state index contributed by atoms with van der Waals surface area (Å²) in [5, 5.41) is 2.72. The van der Waals surface area contributed by atoms with E-state index in [9.17, 15) is 24.0 Å². The van der Waals surface area contributed by atoms with Crippen LogP contribution in [0.3, 0.4) is 0 Å². The van der Waals surface area contributed by atoms with Crippen molar-refractivity contribution in [1.29, 1.82) is 0 Å². The van der Waals surface area contributed by atoms with E-state index in [2.05, 4.69) is 5.32 Å². The first-order valence-corrected chi connectivity index (χ1v) is 20.3. The van der Waals surface area contributed by atoms with Gasteiger partial charge in [-0.2, -0.15) is 0 Å². The Morgan fingerprint density at radius 3 is 1.89 bits per heavy atom. The van der Waals surface area contributed by atoms with E-state index in [1.807, 2.05) is 36.4 Å². The summed E-state index contributed by atoms with van der Waals surface area (Å²) in [6, 6.07) is 17.9. The van der Waals surface area contributed by atoms with Gasteiger partial charge in [-0.05, 0) is 52.2 Å². The summed E-state index contributed by atoms with van der Waals surface area (Å²) in [7, 11) is 0. The highest BCUT2D eigenvalue weighted by atomic mass is 16.8. The number of esters is 4. The minimum atomic E-state index is -1.52. The molecule has 336 valence electrons. The number of carbonyl (C=O) groups excluding carboxylic acids is 5. The molecule has 3 aliphatic heterocycles. The molecule has 3 heterocycles. The summed E-state index contributed by atoms with van der Waals surface area (Å²) < 4.78 is 72.5. The van der Waals surface area contributed by atoms with Crippen molar-refractivity contribution in [3.05, 3.63) is 66.2 Å². The van der Waals surface area contributed by atoms with Gasteiger partial charge in [-0.3, -0.25) is 19.2 Å². The van der Waals surface area contributed by atoms with Crippen LogP contribution in [-0.4, -0.2) is 123 Å². The molecule has 1 N–H and O–H groups in total. The van der Waals surface area contributed by atoms with E-state index < -0.39 is 103 Å². The number of fused-ring (bicyclic) bond motifs is 1. The molecule has 0 radical (unpaired) electrons. The molecular formula is C43H57NO17. The van der Waals surface area contributed by atoms with Crippen LogP contribution in [0.5, 0.6) is 5.75 Å². The lowest BCUT2D eigenvalue weighted by Gasteiger charge is -2.50. The Morgan fingerprint density at radius 1 is 0.672 bits per heavy atom. The van der Waals surface area contributed by atoms with Crippen molar-refractivity contribution in [2.24, 2.45) is 0 Å². The molecule has 2 aromatic carbocycles. The molecule has 1 amide bonds. The number of alkyl carbamates (subject to hydrolysis) is 1. The number of unbranched alkanes of at least 4 members (excludes halogenated alkanes) is 2. The van der Waals surface area contributed by atoms with Crippen LogP contribution in [0.4, 0.5) is 4.79 Å². The van der Waals surface area contributed by atoms with Crippen LogP contribution in [0.1, 0.15) is 79.6 Å². The lowest BCUT2D eigenvalue weighted by molar-refractivity contribution is -0.385. The van der Waals surface area contributed by atoms with Crippen molar-refractivity contribution in [3.63, 3.8) is 0 Å². The molecule has 5 rings (SSSR count). The van der Waals surface area contributed by atoms with Gasteiger partial charge in [0, 0.05) is 46.4 Å². The number of benzene rings is 2. The van der Waals surface area contributed by atoms with E-state index in [1.54, 1.807) is 45.0 Å². The average Bonchev–Trinajstić information content (AvgIpc) is 3.19. The summed E-state index contributed by atoms with van der Waals surface area (Å²) in [5.74, 6) is -2.47. The number of ether oxygens (including phenoxy) is 12. The topological polar surface area (TPSA) is 208 Å². The van der Waals surface area contributed by atoms with Gasteiger partial charge in [0.15, 0.2) is 43.3 Å². The molecule has 0 aliphatic carbocycles. The average molecular weight is 860 g/mol. The van der Waals surface area contributed by atoms with E-state index in [1.165, 1.54) is 27.7 Å². The molecule has 18 heteroatoms. The first kappa shape index (κ1) is 47.2. The SMILES string of the molecule is CC(=O)OC1C(OC(C)=O)[C@H](O[C@@H]2OC3COC(c4ccccc4)O[C@@H]3C(OC(C)=O)C2OC(C)=O)C(COc2ccccc2)O[C@H]1OCCCCCNC(=O)OC(C)(C)C. The summed E-state index contributed by atoms with van der Waals surface area (Å²) in [6.07, 6.45) is -12.3. The van der Waals surface area contributed by atoms with Crippen LogP contribution in [0.15, 0.2) is 60.7 Å². The van der Waals surface area contributed by atoms with Crippen LogP contribution in [0.2, 0.25) is 0 Å². The second kappa shape index (κ2) is 22.3. The Bertz CT molecular complexity index is 1740. The predicted octanol–water partition coefficient (Wildman–Crippen LogP) is 4.45. The fourth-order valence-electron chi connectivity index (χ4n) is 6.99. The lowest BCUT2D eigenvalue weighted by Crippen LogP contribution is -2.68. The van der Waals surface area contributed by atoms with Crippen LogP contribution in [0.25, 0.3) is 0 Å². The monoisotopic (exact) mass is 859 g/mol. The van der Waals surface area contributed by atoms with Gasteiger partial charge < -0.3 is 62.2 Å². The Balaban J connectivity index is 1.41. The van der Waals surface area contributed by atoms with Crippen molar-refractivity contribution >= 4 is 30.0 Å². The van der Waals surface area contributed by atoms with Crippen LogP contribution in [-0.2, 0) is 71.3 Å². The molecule has 0 aromatic heterocycles. The first-order chi connectivity index (χ1) is 29.1. The van der Waals surface area contributed by atoms with Gasteiger partial charge in [0.2, 0.25) is 0 Å². The maximum atomic E-state index is 12.8. The molecule has 7 unspecified atom stereocenters. The van der Waals surface area contributed by atoms with Crippen LogP contribution < -0.4 is 10.1 Å². The van der Waals surface area contributed by atoms with Crippen LogP contribution in [0, 0.1) is 0 Å². The highest BCUT2D eigenvalue weighted by Gasteiger charge is 2.58. The summed E-state index contributed by atoms with van der Waals surface area (Å²) in [4.78, 5) is 62.8. The summed E-state index contributed by atoms with van der Waals surface area (Å²) in [6.45, 7) is 10.3. The Hall–Kier alpha value is -4.85. The van der Waals surface area contributed by atoms with Gasteiger partial charge in [-0.15, -0.1) is 0 Å². The van der Waals surface area contributed by atoms with Gasteiger partial charge >= 0.3 is 30.0 Å². The predicted molar refractivity (Wildman–Crippen MR) is 210 cm³/mol. The number of nitrogens with one attached hydrogen (secondary N) is 1. The minimum absolute atomic E-state index is 0.0488. The number of carbonyl (C=O) groups is 5. The maximum absolute atomic E-state index is 12.8. The van der Waals surface area contributed by atoms with Gasteiger partial charge in [0.05, 0.1) is 6.61 Å². The third-order valence-corrected chi connectivity index (χ3v) is 9.38. The van der Waals surface area contributed by atoms with Crippen molar-refractivity contribution in [3.8, 4) is 5.75 Å². The van der Waals surface area contributed by atoms with Crippen molar-refractivity contribution < 1.29 is 80.8 Å². The fourth-order valence-corrected chi connectivity index (χ4v) is 6.99. The fraction of sp³-hybridized carbons (Fsp3) is 0.605. The van der Waals surface area contributed by atoms with Crippen molar-refractivity contribution in [1.82, 2.24) is 5.32 Å². The molecule has 61 heavy (non-hydrogen) atoms. The summed E-state index contributed by atoms with van der Waals surface area (Å²) in [5.41, 5.74) is 0.0712. The standard InChI is InChI=1S/C43H57NO17/c1-25(45)53-35-34(60-41-38(56-28(4)48)36(54-26(2)46)33-32(58-41)24-52-39(59-33)29-17-11-8-12-18-29)31(23-51-30-19-13-9-14-20-30)57-40(37(35)55-27(3)47)50-22-16-10-15-21-44-42(49)61-43(5,6)7/h8-9,11-14,17-20,31-41H,10,15-16,21-24H2,1-7H3,(H,44,49)/t31?,32?,33-,34+,35?,36?,37?,38?,39?,40+,41-/m0/s1. The number of hydrogen-bond acceptors (Lipinski definition) is 17. The zero-order valence-corrected chi connectivity index (χ0v) is 35.5. The van der Waals surface area contributed by atoms with E-state index in [0.29, 0.717) is 37.1 Å². The third kappa shape index (κ3) is 14.4. The molecule has 0 bridgehead atoms. The first-order valence-electron chi connectivity index (χ1n) is 20.3. The van der Waals surface area contributed by atoms with E-state index in [-0.39, 0.29) is 19.8 Å². The van der Waals surface area contributed by atoms with Gasteiger partial charge in [0.25, 0.3) is 0 Å². The molecule has 3 fully saturated rings. The number of hydrogen-bond donors (Lipinski definition) is 1. The number of para-hydroxylation sites is 1. The zero-order chi connectivity index (χ0) is 44.1. The second-order valence-corrected chi connectivity index (χ2v) is 15.6. The molecule has 0 saturated carbocycles. The molecule has 18 nitrogen and oxygen atoms in total. The molecule has 3 aliphatic rings. The lowest BCUT2D eigenvalue weighted by atomic mass is 9.95. The number of amides is 1. The van der Waals surface area contributed by atoms with Crippen LogP contribution >= 0.6 is 0 Å². The second-order valence-electron chi connectivity index (χ2n) is 15.6. The Labute approximate surface area is 355 Å². The van der Waals surface area contributed by atoms with Gasteiger partial charge in [0.1, 0.15) is 42.4 Å². The normalized spacial score (nSPS) is 28.6. The quantitative estimate of drug-likeness (QED) is 0.132. The van der Waals surface area contributed by atoms with Gasteiger partial charge in [-0.1, -0.05) is 48.5 Å². The number of rotatable bonds is 17. The molecule has 2 aromatic rings. The van der Waals surface area contributed by atoms with Crippen molar-refractivity contribution in [2.75, 3.05) is 26.4 Å². The van der Waals surface area contributed by atoms with Crippen molar-refractivity contribution in [2.45, 2.75) is 141 Å². The smallest absolute Gasteiger partial charge is 0.407 e. The highest BCUT2D eigenvalue weighted by Crippen LogP contribution is 2.39. The molecule has 11 atom stereocenters. The Kier molecular flexibility index (Phi) is 17.3. The molecule has 0 spiro atoms. The van der Waals surface area contributed by atoms with E-state index in [4.69, 9.17) is 56.8 Å². The zero-order valence-electron chi connectivity index (χ0n) is 35.5.